The molecular weight excluding hydrogens is 287 g/mol. The van der Waals surface area contributed by atoms with Gasteiger partial charge < -0.3 is 5.73 Å². The molecule has 1 aliphatic heterocycles. The van der Waals surface area contributed by atoms with Crippen molar-refractivity contribution in [2.24, 2.45) is 5.73 Å². The summed E-state index contributed by atoms with van der Waals surface area (Å²) in [6, 6.07) is 5.90. The molecule has 1 aromatic carbocycles. The molecule has 5 heteroatoms. The van der Waals surface area contributed by atoms with Gasteiger partial charge in [0.2, 0.25) is 0 Å². The summed E-state index contributed by atoms with van der Waals surface area (Å²) in [4.78, 5) is 2.87. The van der Waals surface area contributed by atoms with Crippen molar-refractivity contribution in [1.29, 1.82) is 0 Å². The second kappa shape index (κ2) is 6.20. The lowest BCUT2D eigenvalue weighted by atomic mass is 10.0. The van der Waals surface area contributed by atoms with Crippen LogP contribution >= 0.6 is 35.4 Å². The van der Waals surface area contributed by atoms with Gasteiger partial charge in [0.15, 0.2) is 0 Å². The molecule has 0 bridgehead atoms. The lowest BCUT2D eigenvalue weighted by Crippen LogP contribution is -2.46. The molecule has 0 radical (unpaired) electrons. The minimum absolute atomic E-state index is 0.184. The van der Waals surface area contributed by atoms with Crippen LogP contribution in [0.5, 0.6) is 0 Å². The number of nitrogens with two attached hydrogens (primary N) is 1. The number of nitrogens with zero attached hydrogens (tertiary/aromatic N) is 1. The first-order valence-electron chi connectivity index (χ1n) is 6.06. The summed E-state index contributed by atoms with van der Waals surface area (Å²) in [5.41, 5.74) is 6.84. The number of hydrogen-bond donors (Lipinski definition) is 1. The Labute approximate surface area is 123 Å². The van der Waals surface area contributed by atoms with Crippen LogP contribution in [0.4, 0.5) is 0 Å². The minimum Gasteiger partial charge on any atom is -0.392 e. The average molecular weight is 303 g/mol. The summed E-state index contributed by atoms with van der Waals surface area (Å²) in [7, 11) is 0. The van der Waals surface area contributed by atoms with E-state index in [0.717, 1.165) is 25.1 Å². The molecule has 18 heavy (non-hydrogen) atoms. The van der Waals surface area contributed by atoms with E-state index < -0.39 is 0 Å². The summed E-state index contributed by atoms with van der Waals surface area (Å²) in [5, 5.41) is 1.23. The van der Waals surface area contributed by atoms with E-state index in [0.29, 0.717) is 15.0 Å². The van der Waals surface area contributed by atoms with Crippen LogP contribution in [0.2, 0.25) is 10.0 Å². The summed E-state index contributed by atoms with van der Waals surface area (Å²) >= 11 is 17.4. The molecule has 0 amide bonds. The highest BCUT2D eigenvalue weighted by Crippen LogP contribution is 2.28. The zero-order chi connectivity index (χ0) is 13.1. The van der Waals surface area contributed by atoms with E-state index in [4.69, 9.17) is 41.2 Å². The van der Waals surface area contributed by atoms with Crippen LogP contribution in [0.1, 0.15) is 24.8 Å². The standard InChI is InChI=1S/C13H16Cl2N2S/c14-10-5-3-4-9(12(10)15)8-17-7-2-1-6-11(17)13(16)18/h3-5,11H,1-2,6-8H2,(H2,16,18). The maximum atomic E-state index is 6.22. The molecule has 0 aromatic heterocycles. The van der Waals surface area contributed by atoms with Gasteiger partial charge in [0.1, 0.15) is 0 Å². The molecule has 0 spiro atoms. The number of halogens is 2. The van der Waals surface area contributed by atoms with Gasteiger partial charge in [-0.2, -0.15) is 0 Å². The Bertz CT molecular complexity index is 451. The second-order valence-corrected chi connectivity index (χ2v) is 5.85. The van der Waals surface area contributed by atoms with Gasteiger partial charge in [-0.3, -0.25) is 4.90 Å². The molecule has 0 saturated carbocycles. The van der Waals surface area contributed by atoms with Gasteiger partial charge in [-0.15, -0.1) is 0 Å². The molecule has 2 N–H and O–H groups in total. The fraction of sp³-hybridized carbons (Fsp3) is 0.462. The van der Waals surface area contributed by atoms with Crippen LogP contribution in [0, 0.1) is 0 Å². The smallest absolute Gasteiger partial charge is 0.0902 e. The highest BCUT2D eigenvalue weighted by atomic mass is 35.5. The Balaban J connectivity index is 2.16. The van der Waals surface area contributed by atoms with Gasteiger partial charge in [-0.05, 0) is 31.0 Å². The van der Waals surface area contributed by atoms with Crippen molar-refractivity contribution in [3.63, 3.8) is 0 Å². The molecule has 98 valence electrons. The third kappa shape index (κ3) is 3.15. The molecule has 2 nitrogen and oxygen atoms in total. The molecule has 0 aliphatic carbocycles. The number of rotatable bonds is 3. The van der Waals surface area contributed by atoms with Crippen LogP contribution in [0.25, 0.3) is 0 Å². The summed E-state index contributed by atoms with van der Waals surface area (Å²) in [6.45, 7) is 1.76. The van der Waals surface area contributed by atoms with Gasteiger partial charge in [-0.1, -0.05) is 54.0 Å². The zero-order valence-corrected chi connectivity index (χ0v) is 12.4. The van der Waals surface area contributed by atoms with Gasteiger partial charge in [0.05, 0.1) is 21.1 Å². The van der Waals surface area contributed by atoms with Crippen molar-refractivity contribution in [3.8, 4) is 0 Å². The second-order valence-electron chi connectivity index (χ2n) is 4.60. The first-order chi connectivity index (χ1) is 8.59. The van der Waals surface area contributed by atoms with Gasteiger partial charge in [0.25, 0.3) is 0 Å². The maximum Gasteiger partial charge on any atom is 0.0902 e. The SMILES string of the molecule is NC(=S)C1CCCCN1Cc1cccc(Cl)c1Cl. The van der Waals surface area contributed by atoms with E-state index in [9.17, 15) is 0 Å². The fourth-order valence-corrected chi connectivity index (χ4v) is 3.04. The molecule has 1 saturated heterocycles. The minimum atomic E-state index is 0.184. The first-order valence-corrected chi connectivity index (χ1v) is 7.22. The fourth-order valence-electron chi connectivity index (χ4n) is 2.39. The van der Waals surface area contributed by atoms with E-state index in [1.54, 1.807) is 6.07 Å². The van der Waals surface area contributed by atoms with Crippen LogP contribution < -0.4 is 5.73 Å². The lowest BCUT2D eigenvalue weighted by Gasteiger charge is -2.35. The molecule has 1 aliphatic rings. The van der Waals surface area contributed by atoms with Crippen LogP contribution in [-0.4, -0.2) is 22.5 Å². The summed E-state index contributed by atoms with van der Waals surface area (Å²) < 4.78 is 0. The molecule has 1 atom stereocenters. The van der Waals surface area contributed by atoms with E-state index in [1.807, 2.05) is 12.1 Å². The predicted octanol–water partition coefficient (Wildman–Crippen LogP) is 3.63. The monoisotopic (exact) mass is 302 g/mol. The van der Waals surface area contributed by atoms with Crippen molar-refractivity contribution in [1.82, 2.24) is 4.90 Å². The zero-order valence-electron chi connectivity index (χ0n) is 10.0. The van der Waals surface area contributed by atoms with E-state index in [2.05, 4.69) is 4.90 Å². The molecule has 1 fully saturated rings. The topological polar surface area (TPSA) is 29.3 Å². The van der Waals surface area contributed by atoms with E-state index in [1.165, 1.54) is 12.8 Å². The maximum absolute atomic E-state index is 6.22. The van der Waals surface area contributed by atoms with Gasteiger partial charge in [0, 0.05) is 6.54 Å². The van der Waals surface area contributed by atoms with Gasteiger partial charge in [-0.25, -0.2) is 0 Å². The lowest BCUT2D eigenvalue weighted by molar-refractivity contribution is 0.184. The van der Waals surface area contributed by atoms with Crippen molar-refractivity contribution in [2.75, 3.05) is 6.54 Å². The molecule has 1 unspecified atom stereocenters. The number of piperidine rings is 1. The normalized spacial score (nSPS) is 20.9. The Morgan fingerprint density at radius 2 is 2.17 bits per heavy atom. The van der Waals surface area contributed by atoms with Gasteiger partial charge >= 0.3 is 0 Å². The number of likely N-dealkylation sites (tertiary alicyclic amines) is 1. The number of hydrogen-bond acceptors (Lipinski definition) is 2. The third-order valence-corrected chi connectivity index (χ3v) is 4.48. The predicted molar refractivity (Wildman–Crippen MR) is 81.3 cm³/mol. The molecule has 1 aromatic rings. The Morgan fingerprint density at radius 1 is 1.39 bits per heavy atom. The highest BCUT2D eigenvalue weighted by molar-refractivity contribution is 7.80. The first kappa shape index (κ1) is 14.1. The van der Waals surface area contributed by atoms with E-state index in [-0.39, 0.29) is 6.04 Å². The number of benzene rings is 1. The van der Waals surface area contributed by atoms with Crippen molar-refractivity contribution in [3.05, 3.63) is 33.8 Å². The van der Waals surface area contributed by atoms with Crippen molar-refractivity contribution >= 4 is 40.4 Å². The third-order valence-electron chi connectivity index (χ3n) is 3.35. The molecular formula is C13H16Cl2N2S. The molecule has 2 rings (SSSR count). The number of thiocarbonyl (C=S) groups is 1. The Kier molecular flexibility index (Phi) is 4.84. The van der Waals surface area contributed by atoms with Crippen molar-refractivity contribution in [2.45, 2.75) is 31.8 Å². The summed E-state index contributed by atoms with van der Waals surface area (Å²) in [6.07, 6.45) is 3.40. The Hall–Kier alpha value is -0.350. The Morgan fingerprint density at radius 3 is 2.89 bits per heavy atom. The van der Waals surface area contributed by atoms with Crippen LogP contribution in [-0.2, 0) is 6.54 Å². The van der Waals surface area contributed by atoms with Crippen molar-refractivity contribution < 1.29 is 0 Å². The average Bonchev–Trinajstić information content (AvgIpc) is 2.35. The van der Waals surface area contributed by atoms with E-state index >= 15 is 0 Å². The quantitative estimate of drug-likeness (QED) is 0.865. The van der Waals surface area contributed by atoms with Crippen LogP contribution in [0.15, 0.2) is 18.2 Å². The molecule has 1 heterocycles. The highest BCUT2D eigenvalue weighted by Gasteiger charge is 2.25. The van der Waals surface area contributed by atoms with Crippen LogP contribution in [0.3, 0.4) is 0 Å². The summed E-state index contributed by atoms with van der Waals surface area (Å²) in [5.74, 6) is 0. The largest absolute Gasteiger partial charge is 0.392 e.